The Balaban J connectivity index is 2.35. The van der Waals surface area contributed by atoms with Gasteiger partial charge in [0, 0.05) is 12.7 Å². The molecule has 0 heterocycles. The van der Waals surface area contributed by atoms with Gasteiger partial charge in [-0.1, -0.05) is 43.3 Å². The topological polar surface area (TPSA) is 52.6 Å². The van der Waals surface area contributed by atoms with Crippen molar-refractivity contribution in [3.8, 4) is 11.1 Å². The molecule has 5 heteroatoms. The summed E-state index contributed by atoms with van der Waals surface area (Å²) in [7, 11) is -2.28. The Bertz CT molecular complexity index is 666. The average Bonchev–Trinajstić information content (AvgIpc) is 2.74. The van der Waals surface area contributed by atoms with E-state index in [1.165, 1.54) is 0 Å². The van der Waals surface area contributed by atoms with Crippen LogP contribution in [-0.2, 0) is 19.0 Å². The lowest BCUT2D eigenvalue weighted by Gasteiger charge is -2.21. The Labute approximate surface area is 126 Å². The van der Waals surface area contributed by atoms with Crippen LogP contribution in [0.5, 0.6) is 0 Å². The van der Waals surface area contributed by atoms with Gasteiger partial charge in [-0.3, -0.25) is 4.18 Å². The Hall–Kier alpha value is -1.43. The molecule has 2 aliphatic carbocycles. The molecule has 0 saturated heterocycles. The van der Waals surface area contributed by atoms with Crippen LogP contribution in [0.3, 0.4) is 0 Å². The fourth-order valence-electron chi connectivity index (χ4n) is 2.25. The van der Waals surface area contributed by atoms with Gasteiger partial charge in [-0.05, 0) is 25.0 Å². The molecule has 0 fully saturated rings. The van der Waals surface area contributed by atoms with E-state index in [9.17, 15) is 8.42 Å². The minimum atomic E-state index is -3.82. The molecule has 2 atom stereocenters. The van der Waals surface area contributed by atoms with Crippen LogP contribution in [0, 0.1) is 0 Å². The van der Waals surface area contributed by atoms with Crippen molar-refractivity contribution in [2.75, 3.05) is 7.11 Å². The summed E-state index contributed by atoms with van der Waals surface area (Å²) in [6, 6.07) is 12.6. The van der Waals surface area contributed by atoms with E-state index in [4.69, 9.17) is 8.92 Å². The fourth-order valence-corrected chi connectivity index (χ4v) is 3.66. The molecule has 21 heavy (non-hydrogen) atoms. The molecule has 0 N–H and O–H groups in total. The summed E-state index contributed by atoms with van der Waals surface area (Å²) in [5.41, 5.74) is 1.54. The third kappa shape index (κ3) is 3.43. The summed E-state index contributed by atoms with van der Waals surface area (Å²) in [6.45, 7) is 3.67. The highest BCUT2D eigenvalue weighted by molar-refractivity contribution is 7.87. The van der Waals surface area contributed by atoms with Gasteiger partial charge >= 0.3 is 0 Å². The highest BCUT2D eigenvalue weighted by Crippen LogP contribution is 2.32. The van der Waals surface area contributed by atoms with Crippen LogP contribution in [0.1, 0.15) is 20.3 Å². The highest BCUT2D eigenvalue weighted by Gasteiger charge is 2.28. The molecule has 0 bridgehead atoms. The zero-order valence-electron chi connectivity index (χ0n) is 12.4. The summed E-state index contributed by atoms with van der Waals surface area (Å²) < 4.78 is 35.6. The Kier molecular flexibility index (Phi) is 4.98. The number of hydrogen-bond acceptors (Lipinski definition) is 4. The van der Waals surface area contributed by atoms with E-state index < -0.39 is 16.2 Å². The summed E-state index contributed by atoms with van der Waals surface area (Å²) >= 11 is 0. The van der Waals surface area contributed by atoms with Gasteiger partial charge in [0.2, 0.25) is 0 Å². The standard InChI is InChI=1S/C16H20O4S/c1-4-15(12(2)19-3)20-21(17,18)16-11-10-13-8-6-5-7-9-14(13)16/h5-12,15H,4H2,1-3H3. The molecule has 2 unspecified atom stereocenters. The molecular formula is C16H20O4S. The van der Waals surface area contributed by atoms with Gasteiger partial charge in [0.15, 0.2) is 0 Å². The minimum absolute atomic E-state index is 0.204. The van der Waals surface area contributed by atoms with Crippen molar-refractivity contribution < 1.29 is 17.3 Å². The lowest BCUT2D eigenvalue weighted by molar-refractivity contribution is 0.0155. The number of ether oxygens (including phenoxy) is 1. The molecule has 0 spiro atoms. The van der Waals surface area contributed by atoms with Gasteiger partial charge in [0.05, 0.1) is 6.10 Å². The molecule has 0 amide bonds. The van der Waals surface area contributed by atoms with Crippen molar-refractivity contribution in [3.63, 3.8) is 0 Å². The molecule has 2 aliphatic rings. The van der Waals surface area contributed by atoms with Crippen LogP contribution in [-0.4, -0.2) is 27.7 Å². The second-order valence-corrected chi connectivity index (χ2v) is 6.46. The van der Waals surface area contributed by atoms with Crippen molar-refractivity contribution >= 4 is 10.1 Å². The Morgan fingerprint density at radius 1 is 1.10 bits per heavy atom. The first-order valence-corrected chi connectivity index (χ1v) is 8.34. The first kappa shape index (κ1) is 15.9. The Morgan fingerprint density at radius 2 is 1.81 bits per heavy atom. The van der Waals surface area contributed by atoms with E-state index >= 15 is 0 Å². The van der Waals surface area contributed by atoms with Crippen LogP contribution < -0.4 is 0 Å². The highest BCUT2D eigenvalue weighted by atomic mass is 32.2. The van der Waals surface area contributed by atoms with E-state index in [-0.39, 0.29) is 11.0 Å². The van der Waals surface area contributed by atoms with E-state index in [1.807, 2.05) is 31.2 Å². The number of hydrogen-bond donors (Lipinski definition) is 0. The normalized spacial score (nSPS) is 15.0. The summed E-state index contributed by atoms with van der Waals surface area (Å²) in [4.78, 5) is 0.204. The lowest BCUT2D eigenvalue weighted by Crippen LogP contribution is -2.30. The molecule has 0 aliphatic heterocycles. The maximum atomic E-state index is 12.5. The smallest absolute Gasteiger partial charge is 0.297 e. The molecule has 0 aromatic carbocycles. The predicted molar refractivity (Wildman–Crippen MR) is 81.9 cm³/mol. The maximum Gasteiger partial charge on any atom is 0.297 e. The average molecular weight is 308 g/mol. The molecule has 0 radical (unpaired) electrons. The third-order valence-electron chi connectivity index (χ3n) is 3.57. The second-order valence-electron chi connectivity index (χ2n) is 4.92. The molecule has 0 saturated carbocycles. The Morgan fingerprint density at radius 3 is 2.48 bits per heavy atom. The largest absolute Gasteiger partial charge is 0.379 e. The quantitative estimate of drug-likeness (QED) is 0.768. The second kappa shape index (κ2) is 6.56. The van der Waals surface area contributed by atoms with Crippen LogP contribution in [0.15, 0.2) is 47.4 Å². The SMILES string of the molecule is CCC(OS(=O)(=O)c1ccc2cccccc1-2)C(C)OC. The lowest BCUT2D eigenvalue weighted by atomic mass is 10.2. The van der Waals surface area contributed by atoms with Crippen molar-refractivity contribution in [2.24, 2.45) is 0 Å². The van der Waals surface area contributed by atoms with Crippen LogP contribution >= 0.6 is 0 Å². The van der Waals surface area contributed by atoms with Gasteiger partial charge in [0.25, 0.3) is 10.1 Å². The van der Waals surface area contributed by atoms with Crippen LogP contribution in [0.4, 0.5) is 0 Å². The summed E-state index contributed by atoms with van der Waals surface area (Å²) in [5.74, 6) is 0. The van der Waals surface area contributed by atoms with Crippen LogP contribution in [0.2, 0.25) is 0 Å². The maximum absolute atomic E-state index is 12.5. The molecular weight excluding hydrogens is 288 g/mol. The van der Waals surface area contributed by atoms with Gasteiger partial charge in [-0.15, -0.1) is 0 Å². The van der Waals surface area contributed by atoms with Gasteiger partial charge < -0.3 is 4.74 Å². The van der Waals surface area contributed by atoms with E-state index in [2.05, 4.69) is 0 Å². The van der Waals surface area contributed by atoms with Gasteiger partial charge in [-0.2, -0.15) is 8.42 Å². The molecule has 114 valence electrons. The van der Waals surface area contributed by atoms with Crippen molar-refractivity contribution in [1.29, 1.82) is 0 Å². The summed E-state index contributed by atoms with van der Waals surface area (Å²) in [5, 5.41) is 0. The van der Waals surface area contributed by atoms with Crippen molar-refractivity contribution in [1.82, 2.24) is 0 Å². The molecule has 4 nitrogen and oxygen atoms in total. The first-order valence-electron chi connectivity index (χ1n) is 6.93. The minimum Gasteiger partial charge on any atom is -0.379 e. The number of fused-ring (bicyclic) bond motifs is 1. The van der Waals surface area contributed by atoms with Crippen molar-refractivity contribution in [2.45, 2.75) is 37.4 Å². The third-order valence-corrected chi connectivity index (χ3v) is 4.96. The van der Waals surface area contributed by atoms with E-state index in [0.717, 1.165) is 5.56 Å². The number of rotatable bonds is 6. The van der Waals surface area contributed by atoms with Gasteiger partial charge in [0.1, 0.15) is 11.0 Å². The molecule has 2 rings (SSSR count). The zero-order chi connectivity index (χ0) is 15.5. The zero-order valence-corrected chi connectivity index (χ0v) is 13.3. The number of methoxy groups -OCH3 is 1. The monoisotopic (exact) mass is 308 g/mol. The van der Waals surface area contributed by atoms with Crippen molar-refractivity contribution in [3.05, 3.63) is 42.5 Å². The van der Waals surface area contributed by atoms with E-state index in [0.29, 0.717) is 12.0 Å². The summed E-state index contributed by atoms with van der Waals surface area (Å²) in [6.07, 6.45) is -0.231. The van der Waals surface area contributed by atoms with E-state index in [1.54, 1.807) is 32.2 Å². The van der Waals surface area contributed by atoms with Gasteiger partial charge in [-0.25, -0.2) is 0 Å². The molecule has 0 aromatic heterocycles. The fraction of sp³-hybridized carbons (Fsp3) is 0.375. The predicted octanol–water partition coefficient (Wildman–Crippen LogP) is 3.31. The first-order chi connectivity index (χ1) is 9.99. The van der Waals surface area contributed by atoms with Crippen LogP contribution in [0.25, 0.3) is 11.1 Å². The molecule has 0 aromatic rings.